The van der Waals surface area contributed by atoms with Crippen LogP contribution in [-0.2, 0) is 9.53 Å². The average molecular weight is 562 g/mol. The second-order valence-electron chi connectivity index (χ2n) is 12.4. The number of para-hydroxylation sites is 1. The molecule has 41 heavy (non-hydrogen) atoms. The van der Waals surface area contributed by atoms with Gasteiger partial charge in [0, 0.05) is 37.1 Å². The number of rotatable bonds is 13. The number of esters is 1. The fourth-order valence-electron chi connectivity index (χ4n) is 6.21. The smallest absolute Gasteiger partial charge is 0.329 e. The van der Waals surface area contributed by atoms with Crippen LogP contribution in [-0.4, -0.2) is 44.1 Å². The van der Waals surface area contributed by atoms with E-state index in [1.807, 2.05) is 26.1 Å². The number of carbonyl (C=O) groups is 1. The van der Waals surface area contributed by atoms with Crippen LogP contribution in [0.4, 0.5) is 11.4 Å². The Hall–Kier alpha value is -2.82. The molecule has 1 fully saturated rings. The molecule has 2 aromatic rings. The molecule has 4 atom stereocenters. The third-order valence-corrected chi connectivity index (χ3v) is 8.83. The first kappa shape index (κ1) is 32.7. The molecule has 0 N–H and O–H groups in total. The molecule has 0 unspecified atom stereocenters. The molecule has 0 bridgehead atoms. The highest BCUT2D eigenvalue weighted by molar-refractivity contribution is 6.13. The first-order valence-corrected chi connectivity index (χ1v) is 16.1. The van der Waals surface area contributed by atoms with Gasteiger partial charge in [-0.2, -0.15) is 0 Å². The number of nitrogens with zero attached hydrogens (tertiary/aromatic N) is 3. The summed E-state index contributed by atoms with van der Waals surface area (Å²) in [5, 5.41) is 0. The van der Waals surface area contributed by atoms with E-state index in [1.165, 1.54) is 37.8 Å². The van der Waals surface area contributed by atoms with E-state index in [0.29, 0.717) is 17.8 Å². The van der Waals surface area contributed by atoms with E-state index in [1.54, 1.807) is 0 Å². The van der Waals surface area contributed by atoms with Gasteiger partial charge in [-0.05, 0) is 93.2 Å². The second-order valence-corrected chi connectivity index (χ2v) is 12.4. The minimum absolute atomic E-state index is 0.0362. The Kier molecular flexibility index (Phi) is 12.7. The maximum atomic E-state index is 13.9. The number of anilines is 2. The molecule has 0 saturated heterocycles. The Morgan fingerprint density at radius 3 is 2.17 bits per heavy atom. The molecular formula is C36H55N3O2. The van der Waals surface area contributed by atoms with Gasteiger partial charge in [0.15, 0.2) is 0 Å². The van der Waals surface area contributed by atoms with E-state index in [-0.39, 0.29) is 12.1 Å². The predicted octanol–water partition coefficient (Wildman–Crippen LogP) is 8.68. The Morgan fingerprint density at radius 2 is 1.61 bits per heavy atom. The number of carbonyl (C=O) groups excluding carboxylic acids is 1. The quantitative estimate of drug-likeness (QED) is 0.139. The van der Waals surface area contributed by atoms with E-state index in [4.69, 9.17) is 9.73 Å². The van der Waals surface area contributed by atoms with Crippen LogP contribution < -0.4 is 9.80 Å². The van der Waals surface area contributed by atoms with Gasteiger partial charge in [0.2, 0.25) is 0 Å². The molecule has 1 aliphatic rings. The summed E-state index contributed by atoms with van der Waals surface area (Å²) in [6.45, 7) is 17.5. The van der Waals surface area contributed by atoms with Gasteiger partial charge in [0.05, 0.1) is 0 Å². The molecule has 1 saturated carbocycles. The molecule has 0 aromatic heterocycles. The normalized spacial score (nSPS) is 20.1. The molecule has 0 aliphatic heterocycles. The number of unbranched alkanes of at least 4 members (excludes halogenated alkanes) is 2. The zero-order valence-electron chi connectivity index (χ0n) is 27.0. The van der Waals surface area contributed by atoms with Crippen LogP contribution in [0.25, 0.3) is 0 Å². The monoisotopic (exact) mass is 561 g/mol. The van der Waals surface area contributed by atoms with Gasteiger partial charge in [0.1, 0.15) is 18.0 Å². The topological polar surface area (TPSA) is 45.1 Å². The summed E-state index contributed by atoms with van der Waals surface area (Å²) in [7, 11) is 1.82. The molecular weight excluding hydrogens is 506 g/mol. The highest BCUT2D eigenvalue weighted by Gasteiger charge is 2.36. The summed E-state index contributed by atoms with van der Waals surface area (Å²) in [4.78, 5) is 23.2. The summed E-state index contributed by atoms with van der Waals surface area (Å²) in [6.07, 6.45) is 7.97. The molecule has 5 heteroatoms. The summed E-state index contributed by atoms with van der Waals surface area (Å²) in [5.41, 5.74) is 4.32. The van der Waals surface area contributed by atoms with Crippen LogP contribution in [0.15, 0.2) is 53.5 Å². The molecule has 0 spiro atoms. The largest absolute Gasteiger partial charge is 0.461 e. The zero-order chi connectivity index (χ0) is 29.9. The van der Waals surface area contributed by atoms with Gasteiger partial charge >= 0.3 is 5.97 Å². The van der Waals surface area contributed by atoms with Crippen molar-refractivity contribution in [3.63, 3.8) is 0 Å². The zero-order valence-corrected chi connectivity index (χ0v) is 27.0. The van der Waals surface area contributed by atoms with Crippen molar-refractivity contribution < 1.29 is 9.53 Å². The van der Waals surface area contributed by atoms with Crippen LogP contribution in [0.1, 0.15) is 97.6 Å². The van der Waals surface area contributed by atoms with Crippen molar-refractivity contribution in [2.24, 2.45) is 22.7 Å². The lowest BCUT2D eigenvalue weighted by Crippen LogP contribution is -2.47. The Morgan fingerprint density at radius 1 is 0.976 bits per heavy atom. The second kappa shape index (κ2) is 16.0. The Balaban J connectivity index is 1.93. The van der Waals surface area contributed by atoms with Crippen molar-refractivity contribution in [3.05, 3.63) is 59.7 Å². The van der Waals surface area contributed by atoms with Crippen LogP contribution in [0.2, 0.25) is 0 Å². The van der Waals surface area contributed by atoms with E-state index >= 15 is 0 Å². The van der Waals surface area contributed by atoms with Crippen molar-refractivity contribution in [2.75, 3.05) is 29.9 Å². The van der Waals surface area contributed by atoms with Crippen LogP contribution >= 0.6 is 0 Å². The molecule has 2 aromatic carbocycles. The van der Waals surface area contributed by atoms with Gasteiger partial charge in [-0.1, -0.05) is 72.1 Å². The Bertz CT molecular complexity index is 1100. The standard InChI is InChI=1S/C36H55N3O2/c1-9-11-23-38(24-12-10-2)31-20-18-30(19-21-31)35(37-8)39(33-16-14-13-15-28(33)6)29(7)36(40)41-34-25-27(5)17-22-32(34)26(3)4/h13-16,18-21,26-27,29,32,34H,9-12,17,22-25H2,1-8H3/t27-,29-,32+,34-/m1/s1. The number of benzene rings is 2. The fourth-order valence-corrected chi connectivity index (χ4v) is 6.21. The van der Waals surface area contributed by atoms with Crippen molar-refractivity contribution >= 4 is 23.2 Å². The number of amidine groups is 1. The lowest BCUT2D eigenvalue weighted by atomic mass is 9.75. The minimum atomic E-state index is -0.523. The lowest BCUT2D eigenvalue weighted by Gasteiger charge is -2.38. The van der Waals surface area contributed by atoms with Gasteiger partial charge < -0.3 is 14.5 Å². The van der Waals surface area contributed by atoms with E-state index in [9.17, 15) is 4.79 Å². The molecule has 0 heterocycles. The van der Waals surface area contributed by atoms with Crippen molar-refractivity contribution in [2.45, 2.75) is 106 Å². The number of hydrogen-bond acceptors (Lipinski definition) is 4. The first-order chi connectivity index (χ1) is 19.7. The van der Waals surface area contributed by atoms with Crippen LogP contribution in [0.5, 0.6) is 0 Å². The number of aryl methyl sites for hydroxylation is 1. The molecule has 226 valence electrons. The fraction of sp³-hybridized carbons (Fsp3) is 0.611. The third kappa shape index (κ3) is 8.59. The molecule has 3 rings (SSSR count). The molecule has 5 nitrogen and oxygen atoms in total. The van der Waals surface area contributed by atoms with E-state index < -0.39 is 6.04 Å². The highest BCUT2D eigenvalue weighted by atomic mass is 16.5. The van der Waals surface area contributed by atoms with Crippen molar-refractivity contribution in [3.8, 4) is 0 Å². The van der Waals surface area contributed by atoms with Crippen molar-refractivity contribution in [1.29, 1.82) is 0 Å². The van der Waals surface area contributed by atoms with Gasteiger partial charge in [-0.25, -0.2) is 4.79 Å². The third-order valence-electron chi connectivity index (χ3n) is 8.83. The Labute approximate surface area is 250 Å². The number of hydrogen-bond donors (Lipinski definition) is 0. The van der Waals surface area contributed by atoms with Crippen LogP contribution in [0, 0.1) is 24.7 Å². The highest BCUT2D eigenvalue weighted by Crippen LogP contribution is 2.36. The predicted molar refractivity (Wildman–Crippen MR) is 175 cm³/mol. The summed E-state index contributed by atoms with van der Waals surface area (Å²) in [6, 6.07) is 16.4. The SMILES string of the molecule is CCCCN(CCCC)c1ccc(C(=NC)N(c2ccccc2C)[C@H](C)C(=O)O[C@@H]2C[C@H](C)CC[C@H]2C(C)C)cc1. The van der Waals surface area contributed by atoms with Gasteiger partial charge in [-0.15, -0.1) is 0 Å². The summed E-state index contributed by atoms with van der Waals surface area (Å²) in [5.74, 6) is 2.07. The average Bonchev–Trinajstić information content (AvgIpc) is 2.96. The molecule has 0 amide bonds. The first-order valence-electron chi connectivity index (χ1n) is 16.1. The lowest BCUT2D eigenvalue weighted by molar-refractivity contribution is -0.156. The van der Waals surface area contributed by atoms with Crippen LogP contribution in [0.3, 0.4) is 0 Å². The summed E-state index contributed by atoms with van der Waals surface area (Å²) >= 11 is 0. The maximum absolute atomic E-state index is 13.9. The molecule has 1 aliphatic carbocycles. The van der Waals surface area contributed by atoms with E-state index in [2.05, 4.69) is 87.7 Å². The van der Waals surface area contributed by atoms with Gasteiger partial charge in [0.25, 0.3) is 0 Å². The summed E-state index contributed by atoms with van der Waals surface area (Å²) < 4.78 is 6.35. The van der Waals surface area contributed by atoms with Gasteiger partial charge in [-0.3, -0.25) is 4.99 Å². The van der Waals surface area contributed by atoms with E-state index in [0.717, 1.165) is 48.6 Å². The number of ether oxygens (including phenoxy) is 1. The minimum Gasteiger partial charge on any atom is -0.461 e. The maximum Gasteiger partial charge on any atom is 0.329 e. The van der Waals surface area contributed by atoms with Crippen molar-refractivity contribution in [1.82, 2.24) is 0 Å². The molecule has 0 radical (unpaired) electrons. The number of aliphatic imine (C=N–C) groups is 1.